The number of carbonyl (C=O) groups excluding carboxylic acids is 1. The molecule has 0 heterocycles. The Hall–Kier alpha value is -0.780. The van der Waals surface area contributed by atoms with Crippen LogP contribution in [0.3, 0.4) is 0 Å². The molecule has 1 atom stereocenters. The molecular formula is C11H18F2N2OS. The van der Waals surface area contributed by atoms with Crippen molar-refractivity contribution in [3.05, 3.63) is 0 Å². The van der Waals surface area contributed by atoms with E-state index in [1.165, 1.54) is 0 Å². The normalized spacial score (nSPS) is 22.4. The highest BCUT2D eigenvalue weighted by molar-refractivity contribution is 7.80. The second-order valence-electron chi connectivity index (χ2n) is 4.51. The van der Waals surface area contributed by atoms with Crippen LogP contribution in [0, 0.1) is 5.92 Å². The van der Waals surface area contributed by atoms with Gasteiger partial charge in [-0.25, -0.2) is 8.78 Å². The number of halogens is 2. The van der Waals surface area contributed by atoms with Crippen LogP contribution < -0.4 is 11.1 Å². The second kappa shape index (κ2) is 6.23. The molecule has 1 rings (SSSR count). The van der Waals surface area contributed by atoms with Gasteiger partial charge >= 0.3 is 0 Å². The van der Waals surface area contributed by atoms with Gasteiger partial charge in [-0.1, -0.05) is 12.2 Å². The fourth-order valence-corrected chi connectivity index (χ4v) is 2.10. The molecule has 0 aromatic rings. The highest BCUT2D eigenvalue weighted by Gasteiger charge is 2.42. The minimum absolute atomic E-state index is 0.174. The van der Waals surface area contributed by atoms with Crippen LogP contribution in [0.2, 0.25) is 0 Å². The van der Waals surface area contributed by atoms with Gasteiger partial charge in [0.1, 0.15) is 0 Å². The van der Waals surface area contributed by atoms with Crippen LogP contribution in [-0.2, 0) is 4.79 Å². The van der Waals surface area contributed by atoms with E-state index in [1.54, 1.807) is 0 Å². The number of nitrogens with one attached hydrogen (secondary N) is 1. The molecule has 3 N–H and O–H groups in total. The van der Waals surface area contributed by atoms with E-state index in [0.29, 0.717) is 18.0 Å². The number of thiocarbonyl (C=S) groups is 1. The largest absolute Gasteiger partial charge is 0.393 e. The van der Waals surface area contributed by atoms with Crippen LogP contribution in [0.1, 0.15) is 38.5 Å². The first kappa shape index (κ1) is 14.3. The van der Waals surface area contributed by atoms with Gasteiger partial charge in [-0.3, -0.25) is 4.79 Å². The molecule has 98 valence electrons. The number of unbranched alkanes of at least 4 members (excludes halogenated alkanes) is 1. The van der Waals surface area contributed by atoms with E-state index in [-0.39, 0.29) is 25.2 Å². The van der Waals surface area contributed by atoms with E-state index in [2.05, 4.69) is 5.32 Å². The maximum atomic E-state index is 12.9. The topological polar surface area (TPSA) is 55.1 Å². The monoisotopic (exact) mass is 264 g/mol. The van der Waals surface area contributed by atoms with Crippen molar-refractivity contribution in [3.63, 3.8) is 0 Å². The molecule has 1 aliphatic rings. The van der Waals surface area contributed by atoms with E-state index >= 15 is 0 Å². The number of amides is 1. The fourth-order valence-electron chi connectivity index (χ4n) is 1.95. The summed E-state index contributed by atoms with van der Waals surface area (Å²) in [5.41, 5.74) is 5.32. The summed E-state index contributed by atoms with van der Waals surface area (Å²) >= 11 is 4.72. The lowest BCUT2D eigenvalue weighted by Gasteiger charge is -2.11. The van der Waals surface area contributed by atoms with E-state index in [9.17, 15) is 13.6 Å². The molecule has 1 saturated carbocycles. The van der Waals surface area contributed by atoms with Crippen molar-refractivity contribution in [3.8, 4) is 0 Å². The van der Waals surface area contributed by atoms with E-state index < -0.39 is 11.8 Å². The van der Waals surface area contributed by atoms with E-state index in [4.69, 9.17) is 18.0 Å². The predicted octanol–water partition coefficient (Wildman–Crippen LogP) is 1.99. The van der Waals surface area contributed by atoms with Crippen LogP contribution >= 0.6 is 12.2 Å². The van der Waals surface area contributed by atoms with E-state index in [0.717, 1.165) is 12.8 Å². The van der Waals surface area contributed by atoms with Gasteiger partial charge in [0.2, 0.25) is 11.8 Å². The molecule has 6 heteroatoms. The molecule has 0 spiro atoms. The molecule has 1 fully saturated rings. The van der Waals surface area contributed by atoms with Crippen molar-refractivity contribution in [2.75, 3.05) is 6.54 Å². The molecule has 0 aliphatic heterocycles. The number of hydrogen-bond donors (Lipinski definition) is 2. The molecule has 17 heavy (non-hydrogen) atoms. The third kappa shape index (κ3) is 5.39. The van der Waals surface area contributed by atoms with Gasteiger partial charge in [0.05, 0.1) is 4.99 Å². The Morgan fingerprint density at radius 2 is 2.18 bits per heavy atom. The third-order valence-corrected chi connectivity index (χ3v) is 3.13. The van der Waals surface area contributed by atoms with Gasteiger partial charge < -0.3 is 11.1 Å². The first-order valence-corrected chi connectivity index (χ1v) is 6.25. The Bertz CT molecular complexity index is 297. The minimum atomic E-state index is -2.66. The summed E-state index contributed by atoms with van der Waals surface area (Å²) in [7, 11) is 0. The lowest BCUT2D eigenvalue weighted by molar-refractivity contribution is -0.125. The Balaban J connectivity index is 2.12. The molecule has 0 aromatic carbocycles. The van der Waals surface area contributed by atoms with Gasteiger partial charge in [-0.15, -0.1) is 0 Å². The zero-order valence-corrected chi connectivity index (χ0v) is 10.5. The molecule has 1 unspecified atom stereocenters. The number of nitrogens with two attached hydrogens (primary N) is 1. The Morgan fingerprint density at radius 3 is 2.71 bits per heavy atom. The zero-order chi connectivity index (χ0) is 12.9. The van der Waals surface area contributed by atoms with Crippen molar-refractivity contribution in [2.45, 2.75) is 44.4 Å². The van der Waals surface area contributed by atoms with Crippen LogP contribution in [0.5, 0.6) is 0 Å². The van der Waals surface area contributed by atoms with Gasteiger partial charge in [-0.05, 0) is 25.7 Å². The Morgan fingerprint density at radius 1 is 1.47 bits per heavy atom. The average molecular weight is 264 g/mol. The standard InChI is InChI=1S/C11H18F2N2OS/c12-11(13)5-4-8(7-11)10(16)15-6-2-1-3-9(14)17/h8H,1-7H2,(H2,14,17)(H,15,16). The van der Waals surface area contributed by atoms with Gasteiger partial charge in [0.25, 0.3) is 0 Å². The first-order chi connectivity index (χ1) is 7.91. The Labute approximate surface area is 105 Å². The Kier molecular flexibility index (Phi) is 5.24. The summed E-state index contributed by atoms with van der Waals surface area (Å²) in [6.07, 6.45) is 2.04. The highest BCUT2D eigenvalue weighted by atomic mass is 32.1. The van der Waals surface area contributed by atoms with Crippen LogP contribution in [0.25, 0.3) is 0 Å². The highest BCUT2D eigenvalue weighted by Crippen LogP contribution is 2.38. The van der Waals surface area contributed by atoms with Crippen molar-refractivity contribution in [1.82, 2.24) is 5.32 Å². The fraction of sp³-hybridized carbons (Fsp3) is 0.818. The maximum absolute atomic E-state index is 12.9. The van der Waals surface area contributed by atoms with Crippen molar-refractivity contribution in [2.24, 2.45) is 11.7 Å². The van der Waals surface area contributed by atoms with Gasteiger partial charge in [0.15, 0.2) is 0 Å². The number of alkyl halides is 2. The predicted molar refractivity (Wildman–Crippen MR) is 65.9 cm³/mol. The lowest BCUT2D eigenvalue weighted by Crippen LogP contribution is -2.31. The lowest BCUT2D eigenvalue weighted by atomic mass is 10.1. The van der Waals surface area contributed by atoms with Gasteiger partial charge in [0, 0.05) is 25.3 Å². The summed E-state index contributed by atoms with van der Waals surface area (Å²) in [5.74, 6) is -3.44. The van der Waals surface area contributed by atoms with Gasteiger partial charge in [-0.2, -0.15) is 0 Å². The maximum Gasteiger partial charge on any atom is 0.248 e. The van der Waals surface area contributed by atoms with Crippen molar-refractivity contribution >= 4 is 23.1 Å². The van der Waals surface area contributed by atoms with Crippen molar-refractivity contribution < 1.29 is 13.6 Å². The average Bonchev–Trinajstić information content (AvgIpc) is 2.57. The summed E-state index contributed by atoms with van der Waals surface area (Å²) in [6, 6.07) is 0. The molecule has 0 saturated heterocycles. The molecule has 0 bridgehead atoms. The molecular weight excluding hydrogens is 246 g/mol. The number of carbonyl (C=O) groups is 1. The van der Waals surface area contributed by atoms with Crippen LogP contribution in [0.4, 0.5) is 8.78 Å². The summed E-state index contributed by atoms with van der Waals surface area (Å²) < 4.78 is 25.8. The molecule has 0 aromatic heterocycles. The number of rotatable bonds is 6. The molecule has 0 radical (unpaired) electrons. The van der Waals surface area contributed by atoms with Crippen molar-refractivity contribution in [1.29, 1.82) is 0 Å². The summed E-state index contributed by atoms with van der Waals surface area (Å²) in [6.45, 7) is 0.503. The van der Waals surface area contributed by atoms with E-state index in [1.807, 2.05) is 0 Å². The van der Waals surface area contributed by atoms with Crippen LogP contribution in [-0.4, -0.2) is 23.4 Å². The molecule has 1 amide bonds. The van der Waals surface area contributed by atoms with Crippen LogP contribution in [0.15, 0.2) is 0 Å². The quantitative estimate of drug-likeness (QED) is 0.570. The molecule has 3 nitrogen and oxygen atoms in total. The third-order valence-electron chi connectivity index (χ3n) is 2.92. The second-order valence-corrected chi connectivity index (χ2v) is 5.03. The minimum Gasteiger partial charge on any atom is -0.393 e. The SMILES string of the molecule is NC(=S)CCCCNC(=O)C1CCC(F)(F)C1. The molecule has 1 aliphatic carbocycles. The summed E-state index contributed by atoms with van der Waals surface area (Å²) in [5, 5.41) is 2.68. The summed E-state index contributed by atoms with van der Waals surface area (Å²) in [4.78, 5) is 12.0. The number of hydrogen-bond acceptors (Lipinski definition) is 2. The first-order valence-electron chi connectivity index (χ1n) is 5.84. The zero-order valence-electron chi connectivity index (χ0n) is 9.68. The smallest absolute Gasteiger partial charge is 0.248 e.